The number of likely N-dealkylation sites (tertiary alicyclic amines) is 1. The molecule has 1 N–H and O–H groups in total. The van der Waals surface area contributed by atoms with Gasteiger partial charge in [-0.1, -0.05) is 31.2 Å². The van der Waals surface area contributed by atoms with Crippen LogP contribution in [0.25, 0.3) is 6.08 Å². The van der Waals surface area contributed by atoms with Crippen molar-refractivity contribution in [1.82, 2.24) is 9.62 Å². The molecule has 1 saturated heterocycles. The lowest BCUT2D eigenvalue weighted by Crippen LogP contribution is -2.47. The molecule has 0 bridgehead atoms. The number of sulfonamides is 1. The fourth-order valence-corrected chi connectivity index (χ4v) is 4.76. The number of rotatable bonds is 5. The second-order valence-corrected chi connectivity index (χ2v) is 8.51. The average molecular weight is 376 g/mol. The Balaban J connectivity index is 1.74. The summed E-state index contributed by atoms with van der Waals surface area (Å²) in [5, 5.41) is 0. The van der Waals surface area contributed by atoms with Crippen LogP contribution in [0.15, 0.2) is 29.2 Å². The Hall–Kier alpha value is -2.15. The zero-order chi connectivity index (χ0) is 18.7. The predicted molar refractivity (Wildman–Crippen MR) is 99.4 cm³/mol. The number of carbonyl (C=O) groups is 2. The second-order valence-electron chi connectivity index (χ2n) is 6.77. The van der Waals surface area contributed by atoms with Gasteiger partial charge in [-0.05, 0) is 49.3 Å². The molecule has 0 aromatic heterocycles. The van der Waals surface area contributed by atoms with Crippen LogP contribution >= 0.6 is 0 Å². The van der Waals surface area contributed by atoms with Crippen LogP contribution in [0.3, 0.4) is 0 Å². The molecule has 1 aromatic carbocycles. The number of hydrogen-bond donors (Lipinski definition) is 1. The van der Waals surface area contributed by atoms with E-state index in [1.165, 1.54) is 4.90 Å². The number of aryl methyl sites for hydroxylation is 1. The number of allylic oxidation sites excluding steroid dienone is 1. The van der Waals surface area contributed by atoms with E-state index in [4.69, 9.17) is 0 Å². The minimum atomic E-state index is -3.90. The predicted octanol–water partition coefficient (Wildman–Crippen LogP) is 2.21. The van der Waals surface area contributed by atoms with Crippen molar-refractivity contribution in [2.45, 2.75) is 51.5 Å². The third-order valence-electron chi connectivity index (χ3n) is 4.93. The van der Waals surface area contributed by atoms with Gasteiger partial charge in [0.15, 0.2) is 0 Å². The van der Waals surface area contributed by atoms with Crippen LogP contribution in [0.1, 0.15) is 50.2 Å². The Morgan fingerprint density at radius 3 is 2.77 bits per heavy atom. The number of nitrogens with one attached hydrogen (secondary N) is 1. The fourth-order valence-electron chi connectivity index (χ4n) is 3.58. The van der Waals surface area contributed by atoms with Crippen molar-refractivity contribution in [3.05, 3.63) is 40.3 Å². The molecule has 0 spiro atoms. The van der Waals surface area contributed by atoms with E-state index < -0.39 is 22.0 Å². The largest absolute Gasteiger partial charge is 0.331 e. The summed E-state index contributed by atoms with van der Waals surface area (Å²) in [5.74, 6) is -0.694. The normalized spacial score (nSPS) is 19.7. The average Bonchev–Trinajstić information content (AvgIpc) is 3.11. The summed E-state index contributed by atoms with van der Waals surface area (Å²) in [6.07, 6.45) is 4.91. The maximum atomic E-state index is 12.7. The molecule has 0 saturated carbocycles. The van der Waals surface area contributed by atoms with Crippen LogP contribution in [0.5, 0.6) is 0 Å². The van der Waals surface area contributed by atoms with E-state index in [2.05, 4.69) is 4.72 Å². The molecule has 2 amide bonds. The Bertz CT molecular complexity index is 845. The van der Waals surface area contributed by atoms with E-state index in [0.29, 0.717) is 45.1 Å². The lowest BCUT2D eigenvalue weighted by molar-refractivity contribution is -0.137. The topological polar surface area (TPSA) is 83.6 Å². The first-order chi connectivity index (χ1) is 12.4. The number of benzene rings is 1. The summed E-state index contributed by atoms with van der Waals surface area (Å²) >= 11 is 0. The first-order valence-electron chi connectivity index (χ1n) is 9.07. The molecule has 3 rings (SSSR count). The van der Waals surface area contributed by atoms with Crippen LogP contribution in [0.2, 0.25) is 0 Å². The van der Waals surface area contributed by atoms with E-state index in [9.17, 15) is 18.0 Å². The van der Waals surface area contributed by atoms with Gasteiger partial charge in [-0.15, -0.1) is 0 Å². The minimum absolute atomic E-state index is 0.0895. The Morgan fingerprint density at radius 2 is 2.00 bits per heavy atom. The van der Waals surface area contributed by atoms with Gasteiger partial charge in [-0.2, -0.15) is 0 Å². The van der Waals surface area contributed by atoms with Crippen molar-refractivity contribution in [3.8, 4) is 0 Å². The highest BCUT2D eigenvalue weighted by atomic mass is 32.2. The van der Waals surface area contributed by atoms with Crippen molar-refractivity contribution in [1.29, 1.82) is 0 Å². The molecular formula is C19H24N2O4S. The molecule has 1 aliphatic carbocycles. The van der Waals surface area contributed by atoms with Gasteiger partial charge in [-0.3, -0.25) is 9.59 Å². The third-order valence-corrected chi connectivity index (χ3v) is 6.41. The van der Waals surface area contributed by atoms with E-state index in [1.54, 1.807) is 6.08 Å². The lowest BCUT2D eigenvalue weighted by atomic mass is 9.98. The maximum Gasteiger partial charge on any atom is 0.260 e. The number of amides is 2. The first kappa shape index (κ1) is 18.6. The van der Waals surface area contributed by atoms with Gasteiger partial charge in [0.1, 0.15) is 6.04 Å². The van der Waals surface area contributed by atoms with Gasteiger partial charge in [0.2, 0.25) is 5.91 Å². The van der Waals surface area contributed by atoms with E-state index in [-0.39, 0.29) is 10.8 Å². The molecule has 7 heteroatoms. The molecule has 1 aromatic rings. The van der Waals surface area contributed by atoms with E-state index >= 15 is 0 Å². The molecule has 1 atom stereocenters. The van der Waals surface area contributed by atoms with Crippen molar-refractivity contribution >= 4 is 27.9 Å². The standard InChI is InChI=1S/C19H24N2O4S/c1-2-6-18(22)21-12-5-9-17(21)19(23)20-26(24,25)16-11-10-14-7-3-4-8-15(14)13-16/h3-4,7-8,13,17H,2,5-6,9-12H2,1H3,(H,20,23). The molecule has 140 valence electrons. The lowest BCUT2D eigenvalue weighted by Gasteiger charge is -2.24. The summed E-state index contributed by atoms with van der Waals surface area (Å²) in [7, 11) is -3.90. The summed E-state index contributed by atoms with van der Waals surface area (Å²) in [5.41, 5.74) is 1.97. The third kappa shape index (κ3) is 3.82. The van der Waals surface area contributed by atoms with Gasteiger partial charge in [0, 0.05) is 13.0 Å². The fraction of sp³-hybridized carbons (Fsp3) is 0.474. The van der Waals surface area contributed by atoms with Gasteiger partial charge < -0.3 is 4.90 Å². The summed E-state index contributed by atoms with van der Waals surface area (Å²) in [6, 6.07) is 6.94. The van der Waals surface area contributed by atoms with Crippen LogP contribution in [-0.4, -0.2) is 37.7 Å². The molecule has 6 nitrogen and oxygen atoms in total. The van der Waals surface area contributed by atoms with Crippen molar-refractivity contribution in [2.24, 2.45) is 0 Å². The van der Waals surface area contributed by atoms with E-state index in [0.717, 1.165) is 11.1 Å². The van der Waals surface area contributed by atoms with Gasteiger partial charge in [0.25, 0.3) is 15.9 Å². The van der Waals surface area contributed by atoms with Crippen molar-refractivity contribution < 1.29 is 18.0 Å². The SMILES string of the molecule is CCCC(=O)N1CCCC1C(=O)NS(=O)(=O)C1=Cc2ccccc2CC1. The minimum Gasteiger partial charge on any atom is -0.331 e. The molecule has 1 aliphatic heterocycles. The van der Waals surface area contributed by atoms with Crippen LogP contribution < -0.4 is 4.72 Å². The molecule has 1 fully saturated rings. The highest BCUT2D eigenvalue weighted by Gasteiger charge is 2.36. The Labute approximate surface area is 154 Å². The summed E-state index contributed by atoms with van der Waals surface area (Å²) < 4.78 is 27.5. The van der Waals surface area contributed by atoms with Crippen LogP contribution in [0.4, 0.5) is 0 Å². The number of hydrogen-bond acceptors (Lipinski definition) is 4. The number of carbonyl (C=O) groups excluding carboxylic acids is 2. The molecular weight excluding hydrogens is 352 g/mol. The maximum absolute atomic E-state index is 12.7. The monoisotopic (exact) mass is 376 g/mol. The first-order valence-corrected chi connectivity index (χ1v) is 10.6. The van der Waals surface area contributed by atoms with Gasteiger partial charge in [-0.25, -0.2) is 13.1 Å². The highest BCUT2D eigenvalue weighted by molar-refractivity contribution is 7.94. The zero-order valence-corrected chi connectivity index (χ0v) is 15.7. The molecule has 2 aliphatic rings. The molecule has 1 unspecified atom stereocenters. The quantitative estimate of drug-likeness (QED) is 0.854. The Morgan fingerprint density at radius 1 is 1.23 bits per heavy atom. The van der Waals surface area contributed by atoms with Crippen LogP contribution in [-0.2, 0) is 26.0 Å². The van der Waals surface area contributed by atoms with Crippen molar-refractivity contribution in [3.63, 3.8) is 0 Å². The summed E-state index contributed by atoms with van der Waals surface area (Å²) in [4.78, 5) is 26.4. The Kier molecular flexibility index (Phi) is 5.46. The number of fused-ring (bicyclic) bond motifs is 1. The summed E-state index contributed by atoms with van der Waals surface area (Å²) in [6.45, 7) is 2.41. The smallest absolute Gasteiger partial charge is 0.260 e. The highest BCUT2D eigenvalue weighted by Crippen LogP contribution is 2.27. The van der Waals surface area contributed by atoms with Crippen LogP contribution in [0, 0.1) is 0 Å². The van der Waals surface area contributed by atoms with Crippen molar-refractivity contribution in [2.75, 3.05) is 6.54 Å². The molecule has 0 radical (unpaired) electrons. The van der Waals surface area contributed by atoms with Gasteiger partial charge in [0.05, 0.1) is 4.91 Å². The molecule has 26 heavy (non-hydrogen) atoms. The number of nitrogens with zero attached hydrogens (tertiary/aromatic N) is 1. The second kappa shape index (κ2) is 7.61. The zero-order valence-electron chi connectivity index (χ0n) is 14.9. The van der Waals surface area contributed by atoms with Gasteiger partial charge >= 0.3 is 0 Å². The molecule has 1 heterocycles. The van der Waals surface area contributed by atoms with E-state index in [1.807, 2.05) is 31.2 Å².